The zero-order valence-electron chi connectivity index (χ0n) is 16.5. The summed E-state index contributed by atoms with van der Waals surface area (Å²) in [6, 6.07) is 14.9. The lowest BCUT2D eigenvalue weighted by molar-refractivity contribution is -0.132. The number of ether oxygens (including phenoxy) is 3. The molecule has 9 nitrogen and oxygen atoms in total. The maximum absolute atomic E-state index is 12.8. The molecule has 1 aliphatic heterocycles. The van der Waals surface area contributed by atoms with Gasteiger partial charge in [-0.25, -0.2) is 9.59 Å². The molecule has 1 N–H and O–H groups in total. The maximum atomic E-state index is 12.8. The van der Waals surface area contributed by atoms with Crippen LogP contribution in [0.4, 0.5) is 13.2 Å². The molecule has 0 saturated carbocycles. The average Bonchev–Trinajstić information content (AvgIpc) is 3.06. The molecule has 3 rings (SSSR count). The van der Waals surface area contributed by atoms with Gasteiger partial charge in [0, 0.05) is 0 Å². The van der Waals surface area contributed by atoms with Crippen molar-refractivity contribution in [2.24, 2.45) is 0 Å². The first-order valence-electron chi connectivity index (χ1n) is 9.31. The van der Waals surface area contributed by atoms with Gasteiger partial charge in [0.15, 0.2) is 18.5 Å². The number of aliphatic hydroxyl groups excluding tert-OH is 1. The molecule has 2 aromatic rings. The van der Waals surface area contributed by atoms with E-state index in [-0.39, 0.29) is 11.1 Å². The van der Waals surface area contributed by atoms with E-state index in [1.807, 2.05) is 0 Å². The standard InChI is InChI=1S/C20H17F3O9S/c21-20(22,23)33(27,28)32-16-15(31-18(25)13-9-5-2-6-10-13)14(30-19(16)26)11-29-17(24)12-7-3-1-4-8-12/h1-10,14-16,19,26H,11H2/t14-,15+,16-,19+/m0/s1. The number of halogens is 3. The van der Waals surface area contributed by atoms with Crippen LogP contribution in [0.25, 0.3) is 0 Å². The van der Waals surface area contributed by atoms with E-state index in [2.05, 4.69) is 4.18 Å². The quantitative estimate of drug-likeness (QED) is 0.352. The Labute approximate surface area is 185 Å². The molecule has 0 radical (unpaired) electrons. The lowest BCUT2D eigenvalue weighted by atomic mass is 10.1. The van der Waals surface area contributed by atoms with Crippen LogP contribution < -0.4 is 0 Å². The number of carbonyl (C=O) groups excluding carboxylic acids is 2. The second-order valence-electron chi connectivity index (χ2n) is 6.73. The van der Waals surface area contributed by atoms with Gasteiger partial charge in [-0.2, -0.15) is 21.6 Å². The Morgan fingerprint density at radius 1 is 0.909 bits per heavy atom. The van der Waals surface area contributed by atoms with Gasteiger partial charge < -0.3 is 19.3 Å². The van der Waals surface area contributed by atoms with Gasteiger partial charge in [0.2, 0.25) is 0 Å². The number of benzene rings is 2. The number of aliphatic hydroxyl groups is 1. The molecule has 4 atom stereocenters. The number of esters is 2. The van der Waals surface area contributed by atoms with Crippen molar-refractivity contribution in [1.29, 1.82) is 0 Å². The summed E-state index contributed by atoms with van der Waals surface area (Å²) in [5, 5.41) is 10.0. The number of hydrogen-bond acceptors (Lipinski definition) is 9. The average molecular weight is 490 g/mol. The summed E-state index contributed by atoms with van der Waals surface area (Å²) in [7, 11) is -6.18. The van der Waals surface area contributed by atoms with Crippen LogP contribution >= 0.6 is 0 Å². The third kappa shape index (κ3) is 5.87. The first-order valence-corrected chi connectivity index (χ1v) is 10.7. The molecule has 0 aromatic heterocycles. The minimum atomic E-state index is -6.18. The molecule has 13 heteroatoms. The zero-order valence-corrected chi connectivity index (χ0v) is 17.4. The summed E-state index contributed by atoms with van der Waals surface area (Å²) in [4.78, 5) is 24.6. The molecule has 1 aliphatic rings. The molecular formula is C20H17F3O9S. The summed E-state index contributed by atoms with van der Waals surface area (Å²) in [5.41, 5.74) is -5.68. The van der Waals surface area contributed by atoms with Gasteiger partial charge in [0.05, 0.1) is 11.1 Å². The Kier molecular flexibility index (Phi) is 7.37. The van der Waals surface area contributed by atoms with E-state index in [1.165, 1.54) is 36.4 Å². The highest BCUT2D eigenvalue weighted by molar-refractivity contribution is 7.87. The molecule has 1 saturated heterocycles. The predicted octanol–water partition coefficient (Wildman–Crippen LogP) is 2.02. The summed E-state index contributed by atoms with van der Waals surface area (Å²) >= 11 is 0. The zero-order chi connectivity index (χ0) is 24.2. The fraction of sp³-hybridized carbons (Fsp3) is 0.300. The molecule has 1 fully saturated rings. The highest BCUT2D eigenvalue weighted by Gasteiger charge is 2.56. The summed E-state index contributed by atoms with van der Waals surface area (Å²) in [6.45, 7) is -0.691. The molecule has 178 valence electrons. The highest BCUT2D eigenvalue weighted by Crippen LogP contribution is 2.33. The van der Waals surface area contributed by atoms with E-state index < -0.39 is 58.8 Å². The monoisotopic (exact) mass is 490 g/mol. The van der Waals surface area contributed by atoms with Crippen molar-refractivity contribution in [3.05, 3.63) is 71.8 Å². The maximum Gasteiger partial charge on any atom is 0.523 e. The first kappa shape index (κ1) is 24.6. The molecule has 0 unspecified atom stereocenters. The van der Waals surface area contributed by atoms with Crippen LogP contribution in [-0.2, 0) is 28.5 Å². The molecule has 33 heavy (non-hydrogen) atoms. The summed E-state index contributed by atoms with van der Waals surface area (Å²) in [6.07, 6.45) is -7.91. The molecule has 0 aliphatic carbocycles. The van der Waals surface area contributed by atoms with E-state index >= 15 is 0 Å². The van der Waals surface area contributed by atoms with Gasteiger partial charge in [-0.15, -0.1) is 0 Å². The fourth-order valence-electron chi connectivity index (χ4n) is 2.87. The predicted molar refractivity (Wildman–Crippen MR) is 103 cm³/mol. The van der Waals surface area contributed by atoms with Gasteiger partial charge in [-0.3, -0.25) is 4.18 Å². The summed E-state index contributed by atoms with van der Waals surface area (Å²) in [5.74, 6) is -1.90. The minimum absolute atomic E-state index is 0.0173. The Morgan fingerprint density at radius 3 is 1.94 bits per heavy atom. The van der Waals surface area contributed by atoms with Crippen LogP contribution in [-0.4, -0.2) is 62.2 Å². The number of carbonyl (C=O) groups is 2. The van der Waals surface area contributed by atoms with Gasteiger partial charge in [0.1, 0.15) is 12.7 Å². The van der Waals surface area contributed by atoms with Crippen molar-refractivity contribution < 1.29 is 54.7 Å². The minimum Gasteiger partial charge on any atom is -0.459 e. The smallest absolute Gasteiger partial charge is 0.459 e. The van der Waals surface area contributed by atoms with Crippen LogP contribution in [0.15, 0.2) is 60.7 Å². The van der Waals surface area contributed by atoms with Crippen LogP contribution in [0.1, 0.15) is 20.7 Å². The van der Waals surface area contributed by atoms with Crippen LogP contribution in [0.2, 0.25) is 0 Å². The van der Waals surface area contributed by atoms with Crippen LogP contribution in [0.3, 0.4) is 0 Å². The Balaban J connectivity index is 1.81. The van der Waals surface area contributed by atoms with E-state index in [0.29, 0.717) is 0 Å². The van der Waals surface area contributed by atoms with Gasteiger partial charge in [-0.1, -0.05) is 36.4 Å². The van der Waals surface area contributed by atoms with Crippen molar-refractivity contribution in [1.82, 2.24) is 0 Å². The second-order valence-corrected chi connectivity index (χ2v) is 8.29. The van der Waals surface area contributed by atoms with Crippen molar-refractivity contribution in [3.63, 3.8) is 0 Å². The molecule has 0 amide bonds. The van der Waals surface area contributed by atoms with Gasteiger partial charge in [-0.05, 0) is 24.3 Å². The number of hydrogen-bond donors (Lipinski definition) is 1. The first-order chi connectivity index (χ1) is 15.5. The van der Waals surface area contributed by atoms with E-state index in [0.717, 1.165) is 0 Å². The topological polar surface area (TPSA) is 125 Å². The van der Waals surface area contributed by atoms with E-state index in [4.69, 9.17) is 14.2 Å². The van der Waals surface area contributed by atoms with Crippen LogP contribution in [0, 0.1) is 0 Å². The molecule has 2 aromatic carbocycles. The molecule has 1 heterocycles. The van der Waals surface area contributed by atoms with Crippen LogP contribution in [0.5, 0.6) is 0 Å². The van der Waals surface area contributed by atoms with Gasteiger partial charge >= 0.3 is 27.6 Å². The van der Waals surface area contributed by atoms with E-state index in [9.17, 15) is 36.3 Å². The van der Waals surface area contributed by atoms with Crippen molar-refractivity contribution in [3.8, 4) is 0 Å². The van der Waals surface area contributed by atoms with Crippen molar-refractivity contribution in [2.75, 3.05) is 6.61 Å². The molecule has 0 spiro atoms. The summed E-state index contributed by atoms with van der Waals surface area (Å²) < 4.78 is 80.6. The lowest BCUT2D eigenvalue weighted by Crippen LogP contribution is -2.43. The Bertz CT molecular complexity index is 1070. The molecular weight excluding hydrogens is 473 g/mol. The van der Waals surface area contributed by atoms with Gasteiger partial charge in [0.25, 0.3) is 0 Å². The normalized spacial score (nSPS) is 23.2. The highest BCUT2D eigenvalue weighted by atomic mass is 32.2. The van der Waals surface area contributed by atoms with Crippen molar-refractivity contribution in [2.45, 2.75) is 30.1 Å². The number of alkyl halides is 3. The lowest BCUT2D eigenvalue weighted by Gasteiger charge is -2.23. The third-order valence-corrected chi connectivity index (χ3v) is 5.49. The Hall–Kier alpha value is -3.00. The fourth-order valence-corrected chi connectivity index (χ4v) is 3.48. The Morgan fingerprint density at radius 2 is 1.42 bits per heavy atom. The molecule has 0 bridgehead atoms. The number of rotatable bonds is 7. The van der Waals surface area contributed by atoms with Crippen molar-refractivity contribution >= 4 is 22.1 Å². The second kappa shape index (κ2) is 9.87. The van der Waals surface area contributed by atoms with E-state index in [1.54, 1.807) is 24.3 Å². The third-order valence-electron chi connectivity index (χ3n) is 4.45. The SMILES string of the molecule is O=C(OC[C@@H]1O[C@@H](O)[C@@H](OS(=O)(=O)C(F)(F)F)[C@@H]1OC(=O)c1ccccc1)c1ccccc1. The largest absolute Gasteiger partial charge is 0.523 e.